The number of hydrogen-bond donors (Lipinski definition) is 2. The maximum absolute atomic E-state index is 11.6. The molecule has 0 atom stereocenters. The molecular formula is C12H17N3O2S. The fourth-order valence-electron chi connectivity index (χ4n) is 1.15. The summed E-state index contributed by atoms with van der Waals surface area (Å²) in [4.78, 5) is 13.5. The van der Waals surface area contributed by atoms with Crippen molar-refractivity contribution < 1.29 is 9.53 Å². The third-order valence-corrected chi connectivity index (χ3v) is 2.43. The molecule has 0 aromatic heterocycles. The SMILES string of the molecule is CCN(C)C(=O)Nc1ccc(OCC(N)=S)cc1. The van der Waals surface area contributed by atoms with Gasteiger partial charge in [-0.25, -0.2) is 4.79 Å². The Morgan fingerprint density at radius 2 is 2.06 bits per heavy atom. The van der Waals surface area contributed by atoms with E-state index in [1.54, 1.807) is 36.2 Å². The number of carbonyl (C=O) groups is 1. The molecule has 0 fully saturated rings. The molecule has 2 amide bonds. The summed E-state index contributed by atoms with van der Waals surface area (Å²) in [5.74, 6) is 0.657. The zero-order valence-corrected chi connectivity index (χ0v) is 11.3. The van der Waals surface area contributed by atoms with Gasteiger partial charge in [-0.3, -0.25) is 0 Å². The quantitative estimate of drug-likeness (QED) is 0.799. The van der Waals surface area contributed by atoms with Gasteiger partial charge in [0, 0.05) is 19.3 Å². The number of nitrogens with two attached hydrogens (primary N) is 1. The lowest BCUT2D eigenvalue weighted by Gasteiger charge is -2.15. The number of anilines is 1. The Balaban J connectivity index is 2.55. The maximum atomic E-state index is 11.6. The lowest BCUT2D eigenvalue weighted by molar-refractivity contribution is 0.224. The summed E-state index contributed by atoms with van der Waals surface area (Å²) in [6, 6.07) is 6.88. The van der Waals surface area contributed by atoms with Gasteiger partial charge in [0.05, 0.1) is 0 Å². The Bertz CT molecular complexity index is 420. The monoisotopic (exact) mass is 267 g/mol. The zero-order chi connectivity index (χ0) is 13.5. The first-order valence-corrected chi connectivity index (χ1v) is 5.97. The molecule has 0 saturated carbocycles. The molecule has 0 bridgehead atoms. The van der Waals surface area contributed by atoms with Gasteiger partial charge in [-0.1, -0.05) is 12.2 Å². The highest BCUT2D eigenvalue weighted by molar-refractivity contribution is 7.80. The van der Waals surface area contributed by atoms with Crippen molar-refractivity contribution in [2.45, 2.75) is 6.92 Å². The Morgan fingerprint density at radius 1 is 1.44 bits per heavy atom. The predicted molar refractivity (Wildman–Crippen MR) is 76.0 cm³/mol. The second kappa shape index (κ2) is 6.80. The van der Waals surface area contributed by atoms with Gasteiger partial charge in [0.2, 0.25) is 0 Å². The van der Waals surface area contributed by atoms with E-state index in [2.05, 4.69) is 5.32 Å². The van der Waals surface area contributed by atoms with Gasteiger partial charge in [-0.05, 0) is 31.2 Å². The Hall–Kier alpha value is -1.82. The molecule has 0 aliphatic rings. The normalized spacial score (nSPS) is 9.67. The molecule has 0 unspecified atom stereocenters. The average Bonchev–Trinajstić information content (AvgIpc) is 2.36. The molecule has 5 nitrogen and oxygen atoms in total. The van der Waals surface area contributed by atoms with Crippen LogP contribution in [0.25, 0.3) is 0 Å². The second-order valence-electron chi connectivity index (χ2n) is 3.72. The van der Waals surface area contributed by atoms with E-state index >= 15 is 0 Å². The molecule has 18 heavy (non-hydrogen) atoms. The van der Waals surface area contributed by atoms with Crippen molar-refractivity contribution >= 4 is 28.9 Å². The number of carbonyl (C=O) groups excluding carboxylic acids is 1. The van der Waals surface area contributed by atoms with Crippen molar-refractivity contribution in [3.63, 3.8) is 0 Å². The van der Waals surface area contributed by atoms with E-state index in [4.69, 9.17) is 22.7 Å². The summed E-state index contributed by atoms with van der Waals surface area (Å²) in [5.41, 5.74) is 6.04. The zero-order valence-electron chi connectivity index (χ0n) is 10.5. The lowest BCUT2D eigenvalue weighted by atomic mass is 10.3. The molecule has 0 radical (unpaired) electrons. The molecule has 1 rings (SSSR count). The standard InChI is InChI=1S/C12H17N3O2S/c1-3-15(2)12(16)14-9-4-6-10(7-5-9)17-8-11(13)18/h4-7H,3,8H2,1-2H3,(H2,13,18)(H,14,16). The summed E-state index contributed by atoms with van der Waals surface area (Å²) in [5, 5.41) is 2.77. The number of nitrogens with one attached hydrogen (secondary N) is 1. The van der Waals surface area contributed by atoms with Crippen LogP contribution in [0, 0.1) is 0 Å². The van der Waals surface area contributed by atoms with Crippen molar-refractivity contribution in [2.75, 3.05) is 25.5 Å². The largest absolute Gasteiger partial charge is 0.487 e. The highest BCUT2D eigenvalue weighted by Gasteiger charge is 2.06. The average molecular weight is 267 g/mol. The molecule has 0 heterocycles. The van der Waals surface area contributed by atoms with E-state index in [9.17, 15) is 4.79 Å². The molecule has 0 aliphatic carbocycles. The van der Waals surface area contributed by atoms with Crippen LogP contribution in [0.1, 0.15) is 6.92 Å². The molecule has 0 saturated heterocycles. The van der Waals surface area contributed by atoms with Gasteiger partial charge in [0.25, 0.3) is 0 Å². The number of rotatable bonds is 5. The van der Waals surface area contributed by atoms with Crippen molar-refractivity contribution in [3.05, 3.63) is 24.3 Å². The first-order valence-electron chi connectivity index (χ1n) is 5.56. The van der Waals surface area contributed by atoms with Crippen LogP contribution in [-0.2, 0) is 0 Å². The van der Waals surface area contributed by atoms with Crippen LogP contribution in [-0.4, -0.2) is 36.1 Å². The molecular weight excluding hydrogens is 250 g/mol. The minimum absolute atomic E-state index is 0.144. The van der Waals surface area contributed by atoms with Crippen LogP contribution >= 0.6 is 12.2 Å². The Labute approximate surface area is 112 Å². The second-order valence-corrected chi connectivity index (χ2v) is 4.25. The summed E-state index contributed by atoms with van der Waals surface area (Å²) in [6.45, 7) is 2.77. The van der Waals surface area contributed by atoms with Crippen molar-refractivity contribution in [1.29, 1.82) is 0 Å². The lowest BCUT2D eigenvalue weighted by Crippen LogP contribution is -2.30. The third-order valence-electron chi connectivity index (χ3n) is 2.31. The van der Waals surface area contributed by atoms with E-state index < -0.39 is 0 Å². The Morgan fingerprint density at radius 3 is 2.56 bits per heavy atom. The summed E-state index contributed by atoms with van der Waals surface area (Å²) >= 11 is 4.71. The summed E-state index contributed by atoms with van der Waals surface area (Å²) < 4.78 is 5.31. The molecule has 1 aromatic rings. The highest BCUT2D eigenvalue weighted by atomic mass is 32.1. The fourth-order valence-corrected chi connectivity index (χ4v) is 1.21. The predicted octanol–water partition coefficient (Wildman–Crippen LogP) is 1.84. The van der Waals surface area contributed by atoms with Crippen LogP contribution in [0.2, 0.25) is 0 Å². The van der Waals surface area contributed by atoms with Gasteiger partial charge in [0.1, 0.15) is 17.3 Å². The van der Waals surface area contributed by atoms with Gasteiger partial charge in [-0.2, -0.15) is 0 Å². The van der Waals surface area contributed by atoms with Crippen molar-refractivity contribution in [3.8, 4) is 5.75 Å². The molecule has 0 spiro atoms. The molecule has 3 N–H and O–H groups in total. The van der Waals surface area contributed by atoms with E-state index in [1.165, 1.54) is 0 Å². The number of nitrogens with zero attached hydrogens (tertiary/aromatic N) is 1. The van der Waals surface area contributed by atoms with E-state index in [0.29, 0.717) is 23.0 Å². The van der Waals surface area contributed by atoms with Gasteiger partial charge in [0.15, 0.2) is 0 Å². The van der Waals surface area contributed by atoms with E-state index in [1.807, 2.05) is 6.92 Å². The molecule has 6 heteroatoms. The van der Waals surface area contributed by atoms with Gasteiger partial charge < -0.3 is 20.7 Å². The summed E-state index contributed by atoms with van der Waals surface area (Å²) in [7, 11) is 1.73. The first kappa shape index (κ1) is 14.2. The minimum atomic E-state index is -0.144. The number of urea groups is 1. The maximum Gasteiger partial charge on any atom is 0.321 e. The topological polar surface area (TPSA) is 67.6 Å². The minimum Gasteiger partial charge on any atom is -0.487 e. The Kier molecular flexibility index (Phi) is 5.38. The van der Waals surface area contributed by atoms with Crippen LogP contribution < -0.4 is 15.8 Å². The van der Waals surface area contributed by atoms with E-state index in [0.717, 1.165) is 0 Å². The van der Waals surface area contributed by atoms with Crippen molar-refractivity contribution in [2.24, 2.45) is 5.73 Å². The molecule has 1 aromatic carbocycles. The van der Waals surface area contributed by atoms with Crippen LogP contribution in [0.4, 0.5) is 10.5 Å². The summed E-state index contributed by atoms with van der Waals surface area (Å²) in [6.07, 6.45) is 0. The van der Waals surface area contributed by atoms with Crippen LogP contribution in [0.3, 0.4) is 0 Å². The number of ether oxygens (including phenoxy) is 1. The van der Waals surface area contributed by atoms with Gasteiger partial charge in [-0.15, -0.1) is 0 Å². The van der Waals surface area contributed by atoms with Crippen LogP contribution in [0.5, 0.6) is 5.75 Å². The third kappa shape index (κ3) is 4.58. The van der Waals surface area contributed by atoms with Gasteiger partial charge >= 0.3 is 6.03 Å². The number of amides is 2. The van der Waals surface area contributed by atoms with Crippen molar-refractivity contribution in [1.82, 2.24) is 4.90 Å². The molecule has 98 valence electrons. The highest BCUT2D eigenvalue weighted by Crippen LogP contribution is 2.15. The smallest absolute Gasteiger partial charge is 0.321 e. The fraction of sp³-hybridized carbons (Fsp3) is 0.333. The first-order chi connectivity index (χ1) is 8.52. The number of benzene rings is 1. The molecule has 0 aliphatic heterocycles. The number of hydrogen-bond acceptors (Lipinski definition) is 3. The van der Waals surface area contributed by atoms with E-state index in [-0.39, 0.29) is 12.6 Å². The van der Waals surface area contributed by atoms with Crippen LogP contribution in [0.15, 0.2) is 24.3 Å². The number of thiocarbonyl (C=S) groups is 1.